The van der Waals surface area contributed by atoms with Gasteiger partial charge in [-0.3, -0.25) is 4.79 Å². The first-order valence-corrected chi connectivity index (χ1v) is 13.6. The second-order valence-electron chi connectivity index (χ2n) is 9.68. The molecule has 7 nitrogen and oxygen atoms in total. The van der Waals surface area contributed by atoms with Crippen molar-refractivity contribution in [3.63, 3.8) is 0 Å². The van der Waals surface area contributed by atoms with Gasteiger partial charge >= 0.3 is 12.1 Å². The molecule has 0 bridgehead atoms. The molecule has 1 amide bonds. The second kappa shape index (κ2) is 10.3. The number of aryl methyl sites for hydroxylation is 1. The number of carbonyl (C=O) groups is 2. The Balaban J connectivity index is 1.50. The molecule has 3 aromatic rings. The Bertz CT molecular complexity index is 1370. The number of nitrogens with zero attached hydrogens (tertiary/aromatic N) is 2. The number of rotatable bonds is 5. The van der Waals surface area contributed by atoms with E-state index in [-0.39, 0.29) is 34.1 Å². The molecule has 2 aliphatic rings. The van der Waals surface area contributed by atoms with Crippen LogP contribution in [0.25, 0.3) is 0 Å². The quantitative estimate of drug-likeness (QED) is 0.326. The number of thiophene rings is 1. The van der Waals surface area contributed by atoms with E-state index in [0.717, 1.165) is 34.4 Å². The third-order valence-electron chi connectivity index (χ3n) is 6.66. The third kappa shape index (κ3) is 5.01. The van der Waals surface area contributed by atoms with Crippen molar-refractivity contribution in [1.29, 1.82) is 0 Å². The van der Waals surface area contributed by atoms with E-state index in [1.165, 1.54) is 11.3 Å². The van der Waals surface area contributed by atoms with E-state index in [1.807, 2.05) is 0 Å². The maximum Gasteiger partial charge on any atom is 0.410 e. The fourth-order valence-electron chi connectivity index (χ4n) is 4.94. The number of esters is 1. The van der Waals surface area contributed by atoms with Crippen LogP contribution >= 0.6 is 22.9 Å². The number of anilines is 2. The molecule has 1 aliphatic carbocycles. The van der Waals surface area contributed by atoms with Crippen molar-refractivity contribution >= 4 is 45.6 Å². The number of fused-ring (bicyclic) bond motifs is 2. The van der Waals surface area contributed by atoms with E-state index in [0.29, 0.717) is 17.5 Å². The largest absolute Gasteiger partial charge is 0.459 e. The molecule has 0 spiro atoms. The van der Waals surface area contributed by atoms with Crippen molar-refractivity contribution in [3.8, 4) is 0 Å². The summed E-state index contributed by atoms with van der Waals surface area (Å²) in [5, 5.41) is 9.80. The van der Waals surface area contributed by atoms with Gasteiger partial charge < -0.3 is 15.4 Å². The molecule has 2 N–H and O–H groups in total. The molecule has 2 aromatic heterocycles. The summed E-state index contributed by atoms with van der Waals surface area (Å²) < 4.78 is 48.4. The van der Waals surface area contributed by atoms with Gasteiger partial charge in [-0.1, -0.05) is 41.9 Å². The minimum absolute atomic E-state index is 0.0795. The molecule has 0 radical (unpaired) electrons. The lowest BCUT2D eigenvalue weighted by atomic mass is 9.95. The van der Waals surface area contributed by atoms with E-state index in [2.05, 4.69) is 15.7 Å². The van der Waals surface area contributed by atoms with Crippen LogP contribution in [-0.4, -0.2) is 33.9 Å². The summed E-state index contributed by atoms with van der Waals surface area (Å²) in [6.45, 7) is 3.47. The van der Waals surface area contributed by atoms with Crippen molar-refractivity contribution in [2.45, 2.75) is 70.3 Å². The van der Waals surface area contributed by atoms with Crippen LogP contribution in [0.3, 0.4) is 0 Å². The maximum absolute atomic E-state index is 14.1. The number of benzene rings is 1. The predicted octanol–water partition coefficient (Wildman–Crippen LogP) is 6.95. The molecule has 2 atom stereocenters. The molecule has 12 heteroatoms. The number of alkyl halides is 3. The van der Waals surface area contributed by atoms with Crippen molar-refractivity contribution < 1.29 is 27.5 Å². The van der Waals surface area contributed by atoms with Crippen LogP contribution < -0.4 is 10.6 Å². The molecule has 0 fully saturated rings. The monoisotopic (exact) mass is 566 g/mol. The van der Waals surface area contributed by atoms with Crippen LogP contribution in [0.4, 0.5) is 24.0 Å². The number of amides is 1. The lowest BCUT2D eigenvalue weighted by Gasteiger charge is -2.33. The predicted molar refractivity (Wildman–Crippen MR) is 139 cm³/mol. The number of hydrogen-bond donors (Lipinski definition) is 2. The van der Waals surface area contributed by atoms with Gasteiger partial charge in [0, 0.05) is 11.3 Å². The van der Waals surface area contributed by atoms with Gasteiger partial charge in [-0.25, -0.2) is 9.48 Å². The summed E-state index contributed by atoms with van der Waals surface area (Å²) in [5.41, 5.74) is 1.45. The first-order valence-electron chi connectivity index (χ1n) is 12.4. The molecule has 0 saturated heterocycles. The highest BCUT2D eigenvalue weighted by Crippen LogP contribution is 2.46. The number of ether oxygens (including phenoxy) is 1. The first-order chi connectivity index (χ1) is 18.0. The Hall–Kier alpha value is -3.05. The van der Waals surface area contributed by atoms with E-state index < -0.39 is 30.1 Å². The van der Waals surface area contributed by atoms with Gasteiger partial charge in [-0.05, 0) is 50.7 Å². The molecular weight excluding hydrogens is 541 g/mol. The summed E-state index contributed by atoms with van der Waals surface area (Å²) in [4.78, 5) is 27.3. The van der Waals surface area contributed by atoms with Gasteiger partial charge in [0.05, 0.1) is 17.7 Å². The standard InChI is InChI=1S/C26H26ClF3N4O3S/c1-13(2)37-25(36)19-15-10-6-7-11-17(15)38-24(19)32-23(35)21-20(27)22-31-16(14-8-4-3-5-9-14)12-18(26(28,29)30)34(22)33-21/h3-5,8-9,13,16,18,31H,6-7,10-12H2,1-2H3,(H,32,35). The van der Waals surface area contributed by atoms with Gasteiger partial charge in [0.15, 0.2) is 11.7 Å². The molecular formula is C26H26ClF3N4O3S. The Kier molecular flexibility index (Phi) is 7.17. The molecule has 1 aliphatic heterocycles. The van der Waals surface area contributed by atoms with E-state index in [4.69, 9.17) is 16.3 Å². The average molecular weight is 567 g/mol. The van der Waals surface area contributed by atoms with Crippen LogP contribution in [-0.2, 0) is 17.6 Å². The molecule has 202 valence electrons. The van der Waals surface area contributed by atoms with Crippen molar-refractivity contribution in [3.05, 3.63) is 62.6 Å². The zero-order valence-corrected chi connectivity index (χ0v) is 22.3. The molecule has 2 unspecified atom stereocenters. The van der Waals surface area contributed by atoms with Crippen LogP contribution in [0.15, 0.2) is 30.3 Å². The first kappa shape index (κ1) is 26.6. The molecule has 3 heterocycles. The number of halogens is 4. The number of nitrogens with one attached hydrogen (secondary N) is 2. The van der Waals surface area contributed by atoms with Gasteiger partial charge in [0.1, 0.15) is 15.8 Å². The lowest BCUT2D eigenvalue weighted by molar-refractivity contribution is -0.173. The highest BCUT2D eigenvalue weighted by Gasteiger charge is 2.48. The lowest BCUT2D eigenvalue weighted by Crippen LogP contribution is -2.35. The van der Waals surface area contributed by atoms with E-state index in [1.54, 1.807) is 44.2 Å². The van der Waals surface area contributed by atoms with Gasteiger partial charge in [0.2, 0.25) is 0 Å². The van der Waals surface area contributed by atoms with Crippen LogP contribution in [0.5, 0.6) is 0 Å². The molecule has 38 heavy (non-hydrogen) atoms. The zero-order chi connectivity index (χ0) is 27.2. The van der Waals surface area contributed by atoms with E-state index in [9.17, 15) is 22.8 Å². The SMILES string of the molecule is CC(C)OC(=O)c1c(NC(=O)c2nn3c(c2Cl)NC(c2ccccc2)CC3C(F)(F)F)sc2c1CCCC2. The molecule has 1 aromatic carbocycles. The van der Waals surface area contributed by atoms with Gasteiger partial charge in [-0.2, -0.15) is 18.3 Å². The van der Waals surface area contributed by atoms with Gasteiger partial charge in [0.25, 0.3) is 5.91 Å². The second-order valence-corrected chi connectivity index (χ2v) is 11.2. The average Bonchev–Trinajstić information content (AvgIpc) is 3.40. The summed E-state index contributed by atoms with van der Waals surface area (Å²) in [6.07, 6.45) is -1.96. The van der Waals surface area contributed by atoms with Gasteiger partial charge in [-0.15, -0.1) is 11.3 Å². The molecule has 0 saturated carbocycles. The van der Waals surface area contributed by atoms with Crippen molar-refractivity contribution in [2.75, 3.05) is 10.6 Å². The summed E-state index contributed by atoms with van der Waals surface area (Å²) in [7, 11) is 0. The summed E-state index contributed by atoms with van der Waals surface area (Å²) in [5.74, 6) is -1.42. The van der Waals surface area contributed by atoms with Crippen molar-refractivity contribution in [2.24, 2.45) is 0 Å². The highest BCUT2D eigenvalue weighted by molar-refractivity contribution is 7.17. The zero-order valence-electron chi connectivity index (χ0n) is 20.7. The Morgan fingerprint density at radius 2 is 1.92 bits per heavy atom. The maximum atomic E-state index is 14.1. The smallest absolute Gasteiger partial charge is 0.410 e. The Morgan fingerprint density at radius 3 is 2.61 bits per heavy atom. The topological polar surface area (TPSA) is 85.2 Å². The summed E-state index contributed by atoms with van der Waals surface area (Å²) >= 11 is 7.76. The van der Waals surface area contributed by atoms with Crippen molar-refractivity contribution in [1.82, 2.24) is 9.78 Å². The number of carbonyl (C=O) groups excluding carboxylic acids is 2. The molecule has 5 rings (SSSR count). The van der Waals surface area contributed by atoms with Crippen LogP contribution in [0, 0.1) is 0 Å². The number of hydrogen-bond acceptors (Lipinski definition) is 6. The minimum atomic E-state index is -4.62. The Labute approximate surface area is 226 Å². The Morgan fingerprint density at radius 1 is 1.21 bits per heavy atom. The summed E-state index contributed by atoms with van der Waals surface area (Å²) in [6, 6.07) is 6.07. The fraction of sp³-hybridized carbons (Fsp3) is 0.423. The number of aromatic nitrogens is 2. The van der Waals surface area contributed by atoms with E-state index >= 15 is 0 Å². The van der Waals surface area contributed by atoms with Crippen LogP contribution in [0.2, 0.25) is 5.02 Å². The third-order valence-corrected chi connectivity index (χ3v) is 8.22. The van der Waals surface area contributed by atoms with Crippen LogP contribution in [0.1, 0.15) is 82.0 Å². The normalized spacial score (nSPS) is 18.9. The highest BCUT2D eigenvalue weighted by atomic mass is 35.5. The fourth-order valence-corrected chi connectivity index (χ4v) is 6.48. The minimum Gasteiger partial charge on any atom is -0.459 e.